The lowest BCUT2D eigenvalue weighted by Gasteiger charge is -2.15. The number of para-hydroxylation sites is 1. The van der Waals surface area contributed by atoms with Gasteiger partial charge in [-0.25, -0.2) is 18.4 Å². The molecule has 0 amide bonds. The molecule has 3 heterocycles. The molecule has 0 spiro atoms. The molecule has 1 saturated heterocycles. The molecule has 4 rings (SSSR count). The average Bonchev–Trinajstić information content (AvgIpc) is 3.24. The Morgan fingerprint density at radius 1 is 1.14 bits per heavy atom. The van der Waals surface area contributed by atoms with Gasteiger partial charge in [-0.1, -0.05) is 23.9 Å². The number of hydrogen-bond donors (Lipinski definition) is 1. The normalized spacial score (nSPS) is 16.5. The summed E-state index contributed by atoms with van der Waals surface area (Å²) in [4.78, 5) is 24.1. The largest absolute Gasteiger partial charge is 0.309 e. The molecule has 1 aliphatic rings. The molecule has 1 aliphatic heterocycles. The van der Waals surface area contributed by atoms with E-state index in [1.54, 1.807) is 24.3 Å². The first kappa shape index (κ1) is 19.1. The van der Waals surface area contributed by atoms with Crippen LogP contribution < -0.4 is 5.56 Å². The van der Waals surface area contributed by atoms with Gasteiger partial charge in [-0.05, 0) is 44.0 Å². The molecule has 0 aliphatic carbocycles. The van der Waals surface area contributed by atoms with Crippen LogP contribution in [0.4, 0.5) is 0 Å². The lowest BCUT2D eigenvalue weighted by molar-refractivity contribution is 0.477. The van der Waals surface area contributed by atoms with E-state index in [1.165, 1.54) is 22.3 Å². The molecule has 28 heavy (non-hydrogen) atoms. The van der Waals surface area contributed by atoms with Crippen molar-refractivity contribution >= 4 is 32.7 Å². The third-order valence-corrected chi connectivity index (χ3v) is 7.67. The van der Waals surface area contributed by atoms with Gasteiger partial charge in [-0.3, -0.25) is 4.79 Å². The van der Waals surface area contributed by atoms with Crippen molar-refractivity contribution in [2.24, 2.45) is 0 Å². The van der Waals surface area contributed by atoms with Crippen LogP contribution in [0.5, 0.6) is 0 Å². The van der Waals surface area contributed by atoms with Gasteiger partial charge < -0.3 is 4.98 Å². The second kappa shape index (κ2) is 7.65. The van der Waals surface area contributed by atoms with Crippen molar-refractivity contribution in [1.29, 1.82) is 0 Å². The summed E-state index contributed by atoms with van der Waals surface area (Å²) in [7, 11) is -3.46. The van der Waals surface area contributed by atoms with E-state index in [-0.39, 0.29) is 15.7 Å². The Balaban J connectivity index is 1.54. The number of rotatable bonds is 5. The highest BCUT2D eigenvalue weighted by Crippen LogP contribution is 2.32. The zero-order valence-electron chi connectivity index (χ0n) is 15.3. The van der Waals surface area contributed by atoms with Gasteiger partial charge in [0.25, 0.3) is 5.56 Å². The van der Waals surface area contributed by atoms with Gasteiger partial charge in [0.15, 0.2) is 0 Å². The molecule has 1 atom stereocenters. The van der Waals surface area contributed by atoms with E-state index >= 15 is 0 Å². The Kier molecular flexibility index (Phi) is 5.22. The molecule has 0 unspecified atom stereocenters. The maximum Gasteiger partial charge on any atom is 0.258 e. The van der Waals surface area contributed by atoms with Crippen molar-refractivity contribution in [1.82, 2.24) is 19.3 Å². The number of H-pyrrole nitrogens is 1. The number of aromatic nitrogens is 3. The number of sulfonamides is 1. The molecule has 2 aromatic heterocycles. The number of aromatic amines is 1. The fourth-order valence-corrected chi connectivity index (χ4v) is 5.51. The van der Waals surface area contributed by atoms with Crippen LogP contribution in [0.2, 0.25) is 0 Å². The van der Waals surface area contributed by atoms with Crippen molar-refractivity contribution in [2.45, 2.75) is 34.9 Å². The van der Waals surface area contributed by atoms with Gasteiger partial charge in [0, 0.05) is 19.3 Å². The second-order valence-corrected chi connectivity index (χ2v) is 9.97. The lowest BCUT2D eigenvalue weighted by atomic mass is 10.2. The SMILES string of the molecule is C[C@@H](Sc1ccc(S(=O)(=O)N2CCCC2)cn1)c1nc2ccccc2c(=O)[nH]1. The van der Waals surface area contributed by atoms with Gasteiger partial charge >= 0.3 is 0 Å². The number of nitrogens with one attached hydrogen (secondary N) is 1. The standard InChI is InChI=1S/C19H20N4O3S2/c1-13(18-21-16-7-3-2-6-15(16)19(24)22-18)27-17-9-8-14(12-20-17)28(25,26)23-10-4-5-11-23/h2-3,6-9,12-13H,4-5,10-11H2,1H3,(H,21,22,24)/t13-/m1/s1. The number of fused-ring (bicyclic) bond motifs is 1. The Morgan fingerprint density at radius 3 is 2.61 bits per heavy atom. The number of nitrogens with zero attached hydrogens (tertiary/aromatic N) is 3. The number of thioether (sulfide) groups is 1. The van der Waals surface area contributed by atoms with Crippen molar-refractivity contribution in [3.63, 3.8) is 0 Å². The fraction of sp³-hybridized carbons (Fsp3) is 0.316. The third-order valence-electron chi connectivity index (χ3n) is 4.73. The first-order chi connectivity index (χ1) is 13.4. The summed E-state index contributed by atoms with van der Waals surface area (Å²) < 4.78 is 26.7. The first-order valence-electron chi connectivity index (χ1n) is 9.07. The Labute approximate surface area is 167 Å². The van der Waals surface area contributed by atoms with E-state index in [0.717, 1.165) is 12.8 Å². The molecule has 1 aromatic carbocycles. The molecule has 9 heteroatoms. The molecular formula is C19H20N4O3S2. The third kappa shape index (κ3) is 3.69. The minimum atomic E-state index is -3.46. The molecule has 146 valence electrons. The summed E-state index contributed by atoms with van der Waals surface area (Å²) in [6.07, 6.45) is 3.20. The molecule has 7 nitrogen and oxygen atoms in total. The molecular weight excluding hydrogens is 396 g/mol. The maximum absolute atomic E-state index is 12.6. The Hall–Kier alpha value is -2.23. The molecule has 0 radical (unpaired) electrons. The maximum atomic E-state index is 12.6. The summed E-state index contributed by atoms with van der Waals surface area (Å²) in [6.45, 7) is 3.06. The van der Waals surface area contributed by atoms with Crippen LogP contribution in [0.15, 0.2) is 57.3 Å². The van der Waals surface area contributed by atoms with Crippen LogP contribution in [0.3, 0.4) is 0 Å². The summed E-state index contributed by atoms with van der Waals surface area (Å²) >= 11 is 1.41. The Morgan fingerprint density at radius 2 is 1.89 bits per heavy atom. The highest BCUT2D eigenvalue weighted by molar-refractivity contribution is 7.99. The zero-order valence-corrected chi connectivity index (χ0v) is 17.0. The summed E-state index contributed by atoms with van der Waals surface area (Å²) in [5, 5.41) is 1.08. The van der Waals surface area contributed by atoms with E-state index in [9.17, 15) is 13.2 Å². The highest BCUT2D eigenvalue weighted by atomic mass is 32.2. The van der Waals surface area contributed by atoms with Crippen molar-refractivity contribution < 1.29 is 8.42 Å². The molecule has 1 fully saturated rings. The van der Waals surface area contributed by atoms with Crippen molar-refractivity contribution in [2.75, 3.05) is 13.1 Å². The van der Waals surface area contributed by atoms with Crippen LogP contribution >= 0.6 is 11.8 Å². The molecule has 1 N–H and O–H groups in total. The minimum absolute atomic E-state index is 0.147. The van der Waals surface area contributed by atoms with Crippen molar-refractivity contribution in [3.05, 3.63) is 58.8 Å². The van der Waals surface area contributed by atoms with Crippen LogP contribution in [0.1, 0.15) is 30.8 Å². The summed E-state index contributed by atoms with van der Waals surface area (Å²) in [5.74, 6) is 0.560. The van der Waals surface area contributed by atoms with Crippen molar-refractivity contribution in [3.8, 4) is 0 Å². The van der Waals surface area contributed by atoms with Crippen LogP contribution in [0, 0.1) is 0 Å². The summed E-state index contributed by atoms with van der Waals surface area (Å²) in [6, 6.07) is 10.5. The van der Waals surface area contributed by atoms with E-state index in [0.29, 0.717) is 34.8 Å². The number of pyridine rings is 1. The molecule has 0 saturated carbocycles. The lowest BCUT2D eigenvalue weighted by Crippen LogP contribution is -2.27. The fourth-order valence-electron chi connectivity index (χ4n) is 3.20. The van der Waals surface area contributed by atoms with Gasteiger partial charge in [-0.2, -0.15) is 4.31 Å². The first-order valence-corrected chi connectivity index (χ1v) is 11.4. The van der Waals surface area contributed by atoms with Gasteiger partial charge in [0.2, 0.25) is 10.0 Å². The predicted molar refractivity (Wildman–Crippen MR) is 109 cm³/mol. The highest BCUT2D eigenvalue weighted by Gasteiger charge is 2.27. The topological polar surface area (TPSA) is 96.0 Å². The van der Waals surface area contributed by atoms with Gasteiger partial charge in [0.05, 0.1) is 21.2 Å². The van der Waals surface area contributed by atoms with E-state index in [2.05, 4.69) is 15.0 Å². The number of benzene rings is 1. The van der Waals surface area contributed by atoms with E-state index in [1.807, 2.05) is 19.1 Å². The number of hydrogen-bond acceptors (Lipinski definition) is 6. The average molecular weight is 417 g/mol. The van der Waals surface area contributed by atoms with Crippen LogP contribution in [-0.2, 0) is 10.0 Å². The van der Waals surface area contributed by atoms with Gasteiger partial charge in [-0.15, -0.1) is 0 Å². The quantitative estimate of drug-likeness (QED) is 0.643. The second-order valence-electron chi connectivity index (χ2n) is 6.67. The van der Waals surface area contributed by atoms with E-state index < -0.39 is 10.0 Å². The monoisotopic (exact) mass is 416 g/mol. The zero-order chi connectivity index (χ0) is 19.7. The van der Waals surface area contributed by atoms with Crippen LogP contribution in [-0.4, -0.2) is 40.8 Å². The Bertz CT molecular complexity index is 1150. The smallest absolute Gasteiger partial charge is 0.258 e. The minimum Gasteiger partial charge on any atom is -0.309 e. The van der Waals surface area contributed by atoms with E-state index in [4.69, 9.17) is 0 Å². The predicted octanol–water partition coefficient (Wildman–Crippen LogP) is 2.96. The van der Waals surface area contributed by atoms with Crippen LogP contribution in [0.25, 0.3) is 10.9 Å². The molecule has 3 aromatic rings. The van der Waals surface area contributed by atoms with Gasteiger partial charge in [0.1, 0.15) is 10.7 Å². The summed E-state index contributed by atoms with van der Waals surface area (Å²) in [5.41, 5.74) is 0.474. The molecule has 0 bridgehead atoms.